The van der Waals surface area contributed by atoms with E-state index in [9.17, 15) is 4.79 Å². The SMILES string of the molecule is CCOC1CC(N2CCCC2CC(=O)O)C1. The van der Waals surface area contributed by atoms with Crippen molar-refractivity contribution in [2.75, 3.05) is 13.2 Å². The van der Waals surface area contributed by atoms with E-state index < -0.39 is 5.97 Å². The van der Waals surface area contributed by atoms with Crippen molar-refractivity contribution in [3.05, 3.63) is 0 Å². The second kappa shape index (κ2) is 5.15. The highest BCUT2D eigenvalue weighted by molar-refractivity contribution is 5.67. The molecule has 2 rings (SSSR count). The van der Waals surface area contributed by atoms with Crippen molar-refractivity contribution in [2.45, 2.75) is 57.2 Å². The molecule has 4 nitrogen and oxygen atoms in total. The first-order valence-corrected chi connectivity index (χ1v) is 6.29. The number of likely N-dealkylation sites (tertiary alicyclic amines) is 1. The Labute approximate surface area is 96.6 Å². The average molecular weight is 227 g/mol. The van der Waals surface area contributed by atoms with E-state index in [1.807, 2.05) is 6.92 Å². The number of carboxylic acid groups (broad SMARTS) is 1. The predicted molar refractivity (Wildman–Crippen MR) is 60.4 cm³/mol. The lowest BCUT2D eigenvalue weighted by molar-refractivity contribution is -0.138. The molecule has 0 spiro atoms. The standard InChI is InChI=1S/C12H21NO3/c1-2-16-11-6-10(7-11)13-5-3-4-9(13)8-12(14)15/h9-11H,2-8H2,1H3,(H,14,15). The van der Waals surface area contributed by atoms with E-state index in [-0.39, 0.29) is 6.04 Å². The molecule has 2 aliphatic rings. The van der Waals surface area contributed by atoms with Crippen LogP contribution >= 0.6 is 0 Å². The Morgan fingerprint density at radius 1 is 1.50 bits per heavy atom. The van der Waals surface area contributed by atoms with E-state index >= 15 is 0 Å². The predicted octanol–water partition coefficient (Wildman–Crippen LogP) is 1.49. The molecule has 0 radical (unpaired) electrons. The molecule has 4 heteroatoms. The summed E-state index contributed by atoms with van der Waals surface area (Å²) in [5, 5.41) is 8.85. The third-order valence-corrected chi connectivity index (χ3v) is 3.77. The van der Waals surface area contributed by atoms with Crippen molar-refractivity contribution in [1.29, 1.82) is 0 Å². The van der Waals surface area contributed by atoms with Gasteiger partial charge >= 0.3 is 5.97 Å². The summed E-state index contributed by atoms with van der Waals surface area (Å²) in [7, 11) is 0. The molecule has 0 aromatic heterocycles. The average Bonchev–Trinajstić information content (AvgIpc) is 2.57. The lowest BCUT2D eigenvalue weighted by atomic mass is 9.87. The molecule has 0 amide bonds. The second-order valence-corrected chi connectivity index (χ2v) is 4.83. The van der Waals surface area contributed by atoms with Gasteiger partial charge < -0.3 is 9.84 Å². The molecule has 0 aromatic rings. The van der Waals surface area contributed by atoms with Gasteiger partial charge in [-0.1, -0.05) is 0 Å². The Morgan fingerprint density at radius 3 is 2.88 bits per heavy atom. The Hall–Kier alpha value is -0.610. The minimum atomic E-state index is -0.669. The molecule has 1 heterocycles. The van der Waals surface area contributed by atoms with E-state index in [1.165, 1.54) is 0 Å². The van der Waals surface area contributed by atoms with E-state index in [0.717, 1.165) is 38.8 Å². The zero-order chi connectivity index (χ0) is 11.5. The normalized spacial score (nSPS) is 34.9. The summed E-state index contributed by atoms with van der Waals surface area (Å²) in [5.74, 6) is -0.669. The van der Waals surface area contributed by atoms with Crippen molar-refractivity contribution in [2.24, 2.45) is 0 Å². The highest BCUT2D eigenvalue weighted by Gasteiger charge is 2.39. The zero-order valence-corrected chi connectivity index (χ0v) is 9.89. The Bertz CT molecular complexity index is 251. The first-order valence-electron chi connectivity index (χ1n) is 6.29. The van der Waals surface area contributed by atoms with Crippen LogP contribution in [0.5, 0.6) is 0 Å². The van der Waals surface area contributed by atoms with Crippen molar-refractivity contribution in [3.8, 4) is 0 Å². The number of hydrogen-bond acceptors (Lipinski definition) is 3. The fourth-order valence-corrected chi connectivity index (χ4v) is 2.94. The smallest absolute Gasteiger partial charge is 0.304 e. The van der Waals surface area contributed by atoms with E-state index in [0.29, 0.717) is 18.6 Å². The molecule has 92 valence electrons. The summed E-state index contributed by atoms with van der Waals surface area (Å²) in [5.41, 5.74) is 0. The van der Waals surface area contributed by atoms with E-state index in [4.69, 9.17) is 9.84 Å². The Kier molecular flexibility index (Phi) is 3.82. The van der Waals surface area contributed by atoms with Gasteiger partial charge in [-0.05, 0) is 39.2 Å². The fraction of sp³-hybridized carbons (Fsp3) is 0.917. The minimum absolute atomic E-state index is 0.269. The summed E-state index contributed by atoms with van der Waals surface area (Å²) < 4.78 is 5.54. The maximum atomic E-state index is 10.7. The van der Waals surface area contributed by atoms with Gasteiger partial charge in [0.15, 0.2) is 0 Å². The highest BCUT2D eigenvalue weighted by Crippen LogP contribution is 2.34. The number of rotatable bonds is 5. The van der Waals surface area contributed by atoms with Crippen molar-refractivity contribution < 1.29 is 14.6 Å². The maximum absolute atomic E-state index is 10.7. The molecule has 0 bridgehead atoms. The van der Waals surface area contributed by atoms with Crippen LogP contribution < -0.4 is 0 Å². The highest BCUT2D eigenvalue weighted by atomic mass is 16.5. The van der Waals surface area contributed by atoms with Gasteiger partial charge in [-0.2, -0.15) is 0 Å². The van der Waals surface area contributed by atoms with Crippen LogP contribution in [-0.4, -0.2) is 47.3 Å². The molecule has 1 aliphatic heterocycles. The van der Waals surface area contributed by atoms with Gasteiger partial charge in [-0.25, -0.2) is 0 Å². The van der Waals surface area contributed by atoms with Gasteiger partial charge in [0.2, 0.25) is 0 Å². The van der Waals surface area contributed by atoms with E-state index in [2.05, 4.69) is 4.90 Å². The number of hydrogen-bond donors (Lipinski definition) is 1. The summed E-state index contributed by atoms with van der Waals surface area (Å²) in [6.45, 7) is 3.88. The van der Waals surface area contributed by atoms with Gasteiger partial charge in [0.05, 0.1) is 12.5 Å². The molecular weight excluding hydrogens is 206 g/mol. The van der Waals surface area contributed by atoms with Gasteiger partial charge in [0.1, 0.15) is 0 Å². The Balaban J connectivity index is 1.79. The molecular formula is C12H21NO3. The van der Waals surface area contributed by atoms with Crippen LogP contribution in [0.2, 0.25) is 0 Å². The van der Waals surface area contributed by atoms with Crippen molar-refractivity contribution in [1.82, 2.24) is 4.90 Å². The van der Waals surface area contributed by atoms with Crippen LogP contribution in [0.15, 0.2) is 0 Å². The van der Waals surface area contributed by atoms with Crippen LogP contribution in [0.25, 0.3) is 0 Å². The van der Waals surface area contributed by atoms with Gasteiger partial charge in [-0.15, -0.1) is 0 Å². The molecule has 1 atom stereocenters. The van der Waals surface area contributed by atoms with Gasteiger partial charge in [0.25, 0.3) is 0 Å². The number of nitrogens with zero attached hydrogens (tertiary/aromatic N) is 1. The largest absolute Gasteiger partial charge is 0.481 e. The monoisotopic (exact) mass is 227 g/mol. The molecule has 0 aromatic carbocycles. The number of carbonyl (C=O) groups is 1. The molecule has 1 unspecified atom stereocenters. The molecule has 2 fully saturated rings. The summed E-state index contributed by atoms with van der Waals surface area (Å²) in [6, 6.07) is 0.841. The summed E-state index contributed by atoms with van der Waals surface area (Å²) >= 11 is 0. The summed E-state index contributed by atoms with van der Waals surface area (Å²) in [6.07, 6.45) is 5.08. The van der Waals surface area contributed by atoms with E-state index in [1.54, 1.807) is 0 Å². The lowest BCUT2D eigenvalue weighted by Crippen LogP contribution is -2.50. The number of aliphatic carboxylic acids is 1. The first-order chi connectivity index (χ1) is 7.70. The molecule has 1 saturated carbocycles. The first kappa shape index (κ1) is 11.9. The lowest BCUT2D eigenvalue weighted by Gasteiger charge is -2.43. The molecule has 16 heavy (non-hydrogen) atoms. The van der Waals surface area contributed by atoms with Crippen molar-refractivity contribution in [3.63, 3.8) is 0 Å². The van der Waals surface area contributed by atoms with Crippen LogP contribution in [-0.2, 0) is 9.53 Å². The van der Waals surface area contributed by atoms with Crippen LogP contribution in [0.3, 0.4) is 0 Å². The van der Waals surface area contributed by atoms with Gasteiger partial charge in [0, 0.05) is 18.7 Å². The third-order valence-electron chi connectivity index (χ3n) is 3.77. The molecule has 1 aliphatic carbocycles. The second-order valence-electron chi connectivity index (χ2n) is 4.83. The third kappa shape index (κ3) is 2.55. The molecule has 1 saturated heterocycles. The molecule has 1 N–H and O–H groups in total. The number of carboxylic acids is 1. The maximum Gasteiger partial charge on any atom is 0.304 e. The van der Waals surface area contributed by atoms with Crippen molar-refractivity contribution >= 4 is 5.97 Å². The number of ether oxygens (including phenoxy) is 1. The van der Waals surface area contributed by atoms with Gasteiger partial charge in [-0.3, -0.25) is 9.69 Å². The van der Waals surface area contributed by atoms with Crippen LogP contribution in [0, 0.1) is 0 Å². The topological polar surface area (TPSA) is 49.8 Å². The fourth-order valence-electron chi connectivity index (χ4n) is 2.94. The minimum Gasteiger partial charge on any atom is -0.481 e. The zero-order valence-electron chi connectivity index (χ0n) is 9.89. The quantitative estimate of drug-likeness (QED) is 0.773. The van der Waals surface area contributed by atoms with Crippen LogP contribution in [0.1, 0.15) is 39.0 Å². The van der Waals surface area contributed by atoms with Crippen LogP contribution in [0.4, 0.5) is 0 Å². The summed E-state index contributed by atoms with van der Waals surface area (Å²) in [4.78, 5) is 13.1. The Morgan fingerprint density at radius 2 is 2.25 bits per heavy atom.